The molecule has 0 spiro atoms. The molecule has 5 aromatic rings. The van der Waals surface area contributed by atoms with Crippen LogP contribution in [0.2, 0.25) is 19.6 Å². The van der Waals surface area contributed by atoms with Crippen LogP contribution in [-0.2, 0) is 7.05 Å². The molecule has 0 saturated heterocycles. The van der Waals surface area contributed by atoms with Gasteiger partial charge in [0.2, 0.25) is 10.7 Å². The molecule has 6 rings (SSSR count). The van der Waals surface area contributed by atoms with E-state index in [2.05, 4.69) is 73.5 Å². The van der Waals surface area contributed by atoms with Gasteiger partial charge in [0.15, 0.2) is 6.20 Å². The van der Waals surface area contributed by atoms with Crippen molar-refractivity contribution < 1.29 is 14.2 Å². The Hall–Kier alpha value is -2.83. The predicted octanol–water partition coefficient (Wildman–Crippen LogP) is 8.26. The van der Waals surface area contributed by atoms with Crippen LogP contribution in [0.25, 0.3) is 37.6 Å². The first-order valence-electron chi connectivity index (χ1n) is 17.6. The van der Waals surface area contributed by atoms with Crippen LogP contribution < -0.4 is 9.75 Å². The van der Waals surface area contributed by atoms with Crippen LogP contribution in [-0.4, -0.2) is 22.7 Å². The van der Waals surface area contributed by atoms with Gasteiger partial charge in [-0.1, -0.05) is 63.0 Å². The molecule has 0 N–H and O–H groups in total. The van der Waals surface area contributed by atoms with E-state index in [1.165, 1.54) is 11.3 Å². The minimum atomic E-state index is -2.60. The lowest BCUT2D eigenvalue weighted by molar-refractivity contribution is -0.659. The zero-order valence-corrected chi connectivity index (χ0v) is 26.4. The van der Waals surface area contributed by atoms with Crippen LogP contribution in [0.15, 0.2) is 42.9 Å². The minimum absolute atomic E-state index is 0.00693. The SMILES string of the molecule is [2H]C([2H])([2H])c1cc(C2([2H])CCC(C)(C)CC2)cc(C([2H])([2H])[2H])c1-c1cc(-c2c(C)ccc3c2sc2nncn23)[n+](C)cc1[Si](C)(C)C. The molecule has 208 valence electrons. The Kier molecular flexibility index (Phi) is 4.84. The van der Waals surface area contributed by atoms with Crippen molar-refractivity contribution in [1.82, 2.24) is 14.6 Å². The summed E-state index contributed by atoms with van der Waals surface area (Å²) in [6.07, 6.45) is 6.51. The Balaban J connectivity index is 1.70. The monoisotopic (exact) mass is 574 g/mol. The third kappa shape index (κ3) is 4.63. The molecule has 2 aromatic carbocycles. The average molecular weight is 575 g/mol. The molecule has 0 aliphatic heterocycles. The zero-order valence-electron chi connectivity index (χ0n) is 31.6. The van der Waals surface area contributed by atoms with E-state index in [4.69, 9.17) is 8.22 Å². The van der Waals surface area contributed by atoms with Crippen LogP contribution >= 0.6 is 11.3 Å². The molecule has 0 bridgehead atoms. The highest BCUT2D eigenvalue weighted by atomic mass is 32.1. The van der Waals surface area contributed by atoms with Crippen molar-refractivity contribution in [1.29, 1.82) is 0 Å². The molecular formula is C34H43N4SSi+. The van der Waals surface area contributed by atoms with Gasteiger partial charge in [-0.05, 0) is 97.1 Å². The highest BCUT2D eigenvalue weighted by molar-refractivity contribution is 7.24. The Morgan fingerprint density at radius 3 is 2.40 bits per heavy atom. The Morgan fingerprint density at radius 2 is 1.75 bits per heavy atom. The molecule has 40 heavy (non-hydrogen) atoms. The number of aryl methyl sites for hydroxylation is 4. The van der Waals surface area contributed by atoms with Crippen molar-refractivity contribution in [3.05, 3.63) is 65.1 Å². The highest BCUT2D eigenvalue weighted by Crippen LogP contribution is 2.44. The van der Waals surface area contributed by atoms with Gasteiger partial charge < -0.3 is 0 Å². The smallest absolute Gasteiger partial charge is 0.217 e. The normalized spacial score (nSPS) is 20.3. The van der Waals surface area contributed by atoms with Gasteiger partial charge in [-0.2, -0.15) is 0 Å². The molecule has 1 fully saturated rings. The second-order valence-corrected chi connectivity index (χ2v) is 19.3. The summed E-state index contributed by atoms with van der Waals surface area (Å²) in [5.41, 5.74) is 5.34. The number of nitrogens with zero attached hydrogens (tertiary/aromatic N) is 4. The number of thiazole rings is 1. The number of benzene rings is 2. The summed E-state index contributed by atoms with van der Waals surface area (Å²) in [7, 11) is -0.190. The zero-order chi connectivity index (χ0) is 34.5. The van der Waals surface area contributed by atoms with Crippen molar-refractivity contribution in [3.8, 4) is 22.4 Å². The minimum Gasteiger partial charge on any atom is -0.272 e. The number of rotatable bonds is 4. The van der Waals surface area contributed by atoms with E-state index in [-0.39, 0.29) is 22.1 Å². The van der Waals surface area contributed by atoms with E-state index < -0.39 is 27.7 Å². The first-order chi connectivity index (χ1) is 21.6. The van der Waals surface area contributed by atoms with E-state index in [1.54, 1.807) is 18.5 Å². The van der Waals surface area contributed by atoms with Gasteiger partial charge in [0.05, 0.1) is 23.9 Å². The molecule has 3 aromatic heterocycles. The topological polar surface area (TPSA) is 34.1 Å². The Bertz CT molecular complexity index is 1990. The molecule has 1 aliphatic carbocycles. The maximum atomic E-state index is 9.49. The Morgan fingerprint density at radius 1 is 1.05 bits per heavy atom. The van der Waals surface area contributed by atoms with Gasteiger partial charge >= 0.3 is 0 Å². The van der Waals surface area contributed by atoms with Gasteiger partial charge in [-0.15, -0.1) is 10.2 Å². The molecule has 1 saturated carbocycles. The van der Waals surface area contributed by atoms with E-state index in [1.807, 2.05) is 17.5 Å². The maximum Gasteiger partial charge on any atom is 0.217 e. The fraction of sp³-hybridized carbons (Fsp3) is 0.441. The van der Waals surface area contributed by atoms with E-state index in [0.717, 1.165) is 50.0 Å². The molecule has 0 unspecified atom stereocenters. The fourth-order valence-corrected chi connectivity index (χ4v) is 8.93. The quantitative estimate of drug-likeness (QED) is 0.160. The molecule has 4 nitrogen and oxygen atoms in total. The van der Waals surface area contributed by atoms with Crippen molar-refractivity contribution in [2.45, 2.75) is 85.7 Å². The van der Waals surface area contributed by atoms with Gasteiger partial charge in [0, 0.05) is 20.8 Å². The fourth-order valence-electron chi connectivity index (χ4n) is 6.19. The van der Waals surface area contributed by atoms with Gasteiger partial charge in [0.1, 0.15) is 13.4 Å². The summed E-state index contributed by atoms with van der Waals surface area (Å²) in [5, 5.41) is 9.32. The number of fused-ring (bicyclic) bond motifs is 3. The number of hydrogen-bond acceptors (Lipinski definition) is 3. The second-order valence-electron chi connectivity index (χ2n) is 13.3. The third-order valence-corrected chi connectivity index (χ3v) is 11.8. The Labute approximate surface area is 254 Å². The second kappa shape index (κ2) is 9.63. The lowest BCUT2D eigenvalue weighted by atomic mass is 9.71. The molecule has 0 atom stereocenters. The van der Waals surface area contributed by atoms with E-state index in [0.29, 0.717) is 24.0 Å². The van der Waals surface area contributed by atoms with Crippen molar-refractivity contribution in [2.24, 2.45) is 12.5 Å². The van der Waals surface area contributed by atoms with Crippen LogP contribution in [0, 0.1) is 26.0 Å². The van der Waals surface area contributed by atoms with Crippen LogP contribution in [0.3, 0.4) is 0 Å². The first-order valence-corrected chi connectivity index (χ1v) is 18.4. The summed E-state index contributed by atoms with van der Waals surface area (Å²) in [4.78, 5) is 0.772. The van der Waals surface area contributed by atoms with Crippen LogP contribution in [0.4, 0.5) is 0 Å². The lowest BCUT2D eigenvalue weighted by Gasteiger charge is -2.35. The lowest BCUT2D eigenvalue weighted by Crippen LogP contribution is -2.46. The van der Waals surface area contributed by atoms with Crippen LogP contribution in [0.5, 0.6) is 0 Å². The maximum absolute atomic E-state index is 9.49. The van der Waals surface area contributed by atoms with Gasteiger partial charge in [0.25, 0.3) is 0 Å². The van der Waals surface area contributed by atoms with Crippen LogP contribution in [0.1, 0.15) is 77.3 Å². The summed E-state index contributed by atoms with van der Waals surface area (Å²) in [6, 6.07) is 9.40. The first kappa shape index (κ1) is 20.1. The van der Waals surface area contributed by atoms with Gasteiger partial charge in [-0.25, -0.2) is 4.57 Å². The molecule has 0 radical (unpaired) electrons. The van der Waals surface area contributed by atoms with Gasteiger partial charge in [-0.3, -0.25) is 4.40 Å². The summed E-state index contributed by atoms with van der Waals surface area (Å²) >= 11 is 1.54. The number of hydrogen-bond donors (Lipinski definition) is 0. The third-order valence-electron chi connectivity index (χ3n) is 8.68. The summed E-state index contributed by atoms with van der Waals surface area (Å²) in [6.45, 7) is 7.81. The van der Waals surface area contributed by atoms with E-state index in [9.17, 15) is 1.37 Å². The van der Waals surface area contributed by atoms with Crippen molar-refractivity contribution in [3.63, 3.8) is 0 Å². The van der Waals surface area contributed by atoms with Crippen molar-refractivity contribution in [2.75, 3.05) is 0 Å². The average Bonchev–Trinajstić information content (AvgIpc) is 3.55. The molecule has 3 heterocycles. The molecular weight excluding hydrogens is 525 g/mol. The number of pyridine rings is 1. The largest absolute Gasteiger partial charge is 0.272 e. The molecule has 0 amide bonds. The summed E-state index contributed by atoms with van der Waals surface area (Å²) in [5.74, 6) is -1.05. The number of aromatic nitrogens is 4. The predicted molar refractivity (Wildman–Crippen MR) is 173 cm³/mol. The standard InChI is InChI=1S/C34H43N4SSi/c1-21-10-11-27-32(39-33-36-35-20-38(27)33)31(21)28-18-26(29(19-37(28)6)40(7,8)9)30-22(2)16-25(17-23(30)3)24-12-14-34(4,5)15-13-24/h10-11,16-20,24H,12-15H2,1-9H3/q+1/i2D3,3D3,24D. The molecule has 1 aliphatic rings. The van der Waals surface area contributed by atoms with Crippen molar-refractivity contribution >= 4 is 39.8 Å². The summed E-state index contributed by atoms with van der Waals surface area (Å²) < 4.78 is 67.1. The van der Waals surface area contributed by atoms with E-state index >= 15 is 0 Å². The molecule has 6 heteroatoms. The highest BCUT2D eigenvalue weighted by Gasteiger charge is 2.31.